The van der Waals surface area contributed by atoms with E-state index < -0.39 is 0 Å². The smallest absolute Gasteiger partial charge is 0.109 e. The third-order valence-electron chi connectivity index (χ3n) is 2.37. The molecule has 3 nitrogen and oxygen atoms in total. The number of nitrogens with two attached hydrogens (primary N) is 1. The highest BCUT2D eigenvalue weighted by molar-refractivity contribution is 7.10. The Bertz CT molecular complexity index is 357. The van der Waals surface area contributed by atoms with E-state index in [4.69, 9.17) is 5.73 Å². The zero-order valence-corrected chi connectivity index (χ0v) is 10.7. The van der Waals surface area contributed by atoms with Crippen molar-refractivity contribution in [2.24, 2.45) is 5.73 Å². The average Bonchev–Trinajstić information content (AvgIpc) is 2.95. The molecule has 16 heavy (non-hydrogen) atoms. The molecule has 86 valence electrons. The first-order valence-corrected chi connectivity index (χ1v) is 6.95. The molecule has 0 saturated carbocycles. The van der Waals surface area contributed by atoms with Crippen LogP contribution in [0.4, 0.5) is 0 Å². The largest absolute Gasteiger partial charge is 0.322 e. The molecular weight excluding hydrogens is 238 g/mol. The first-order valence-electron chi connectivity index (χ1n) is 5.19. The Labute approximate surface area is 103 Å². The Morgan fingerprint density at radius 1 is 1.44 bits per heavy atom. The molecule has 0 spiro atoms. The summed E-state index contributed by atoms with van der Waals surface area (Å²) in [4.78, 5) is 5.50. The number of nitrogens with one attached hydrogen (secondary N) is 1. The molecule has 0 radical (unpaired) electrons. The normalized spacial score (nSPS) is 14.9. The van der Waals surface area contributed by atoms with Gasteiger partial charge in [-0.1, -0.05) is 6.07 Å². The van der Waals surface area contributed by atoms with Crippen molar-refractivity contribution < 1.29 is 0 Å². The van der Waals surface area contributed by atoms with E-state index >= 15 is 0 Å². The van der Waals surface area contributed by atoms with Crippen LogP contribution in [0.5, 0.6) is 0 Å². The highest BCUT2D eigenvalue weighted by Crippen LogP contribution is 2.18. The fraction of sp³-hybridized carbons (Fsp3) is 0.364. The van der Waals surface area contributed by atoms with Gasteiger partial charge < -0.3 is 11.1 Å². The third-order valence-corrected chi connectivity index (χ3v) is 4.34. The lowest BCUT2D eigenvalue weighted by Crippen LogP contribution is -2.28. The molecule has 2 aromatic heterocycles. The summed E-state index contributed by atoms with van der Waals surface area (Å²) in [6.45, 7) is 2.89. The van der Waals surface area contributed by atoms with Gasteiger partial charge in [-0.15, -0.1) is 22.7 Å². The molecule has 2 atom stereocenters. The highest BCUT2D eigenvalue weighted by atomic mass is 32.1. The van der Waals surface area contributed by atoms with Crippen LogP contribution in [0.15, 0.2) is 29.1 Å². The second kappa shape index (κ2) is 5.54. The minimum atomic E-state index is 0.0717. The second-order valence-corrected chi connectivity index (χ2v) is 5.53. The van der Waals surface area contributed by atoms with Crippen LogP contribution in [0.3, 0.4) is 0 Å². The monoisotopic (exact) mass is 253 g/mol. The highest BCUT2D eigenvalue weighted by Gasteiger charge is 2.11. The second-order valence-electron chi connectivity index (χ2n) is 3.62. The van der Waals surface area contributed by atoms with E-state index in [0.717, 1.165) is 11.6 Å². The maximum atomic E-state index is 6.07. The zero-order chi connectivity index (χ0) is 11.4. The fourth-order valence-electron chi connectivity index (χ4n) is 1.44. The van der Waals surface area contributed by atoms with Crippen molar-refractivity contribution >= 4 is 22.7 Å². The van der Waals surface area contributed by atoms with E-state index in [0.29, 0.717) is 0 Å². The van der Waals surface area contributed by atoms with Gasteiger partial charge in [0.1, 0.15) is 5.01 Å². The van der Waals surface area contributed by atoms with Crippen molar-refractivity contribution in [2.75, 3.05) is 6.54 Å². The summed E-state index contributed by atoms with van der Waals surface area (Å²) in [7, 11) is 0. The molecule has 0 aromatic carbocycles. The molecule has 0 bridgehead atoms. The number of hydrogen-bond donors (Lipinski definition) is 2. The molecule has 5 heteroatoms. The number of hydrogen-bond acceptors (Lipinski definition) is 5. The molecule has 0 fully saturated rings. The van der Waals surface area contributed by atoms with Gasteiger partial charge in [0, 0.05) is 23.0 Å². The van der Waals surface area contributed by atoms with Gasteiger partial charge in [-0.05, 0) is 18.4 Å². The van der Waals surface area contributed by atoms with Crippen LogP contribution in [0.25, 0.3) is 0 Å². The lowest BCUT2D eigenvalue weighted by Gasteiger charge is -2.15. The minimum Gasteiger partial charge on any atom is -0.322 e. The number of thiophene rings is 1. The first-order chi connectivity index (χ1) is 7.77. The van der Waals surface area contributed by atoms with Crippen molar-refractivity contribution in [3.63, 3.8) is 0 Å². The Morgan fingerprint density at radius 3 is 2.94 bits per heavy atom. The zero-order valence-electron chi connectivity index (χ0n) is 9.09. The molecule has 3 N–H and O–H groups in total. The van der Waals surface area contributed by atoms with E-state index in [1.165, 1.54) is 4.88 Å². The quantitative estimate of drug-likeness (QED) is 0.861. The van der Waals surface area contributed by atoms with E-state index in [1.807, 2.05) is 17.6 Å². The van der Waals surface area contributed by atoms with Crippen LogP contribution in [0.2, 0.25) is 0 Å². The minimum absolute atomic E-state index is 0.0717. The van der Waals surface area contributed by atoms with Crippen molar-refractivity contribution in [3.05, 3.63) is 39.0 Å². The van der Waals surface area contributed by atoms with Crippen LogP contribution in [0.1, 0.15) is 28.9 Å². The molecule has 0 amide bonds. The SMILES string of the molecule is CC(NCC(N)c1cccs1)c1nccs1. The Morgan fingerprint density at radius 2 is 2.31 bits per heavy atom. The summed E-state index contributed by atoms with van der Waals surface area (Å²) in [5.41, 5.74) is 6.07. The summed E-state index contributed by atoms with van der Waals surface area (Å²) < 4.78 is 0. The molecule has 0 aliphatic heterocycles. The lowest BCUT2D eigenvalue weighted by molar-refractivity contribution is 0.529. The molecule has 0 aliphatic rings. The number of aromatic nitrogens is 1. The summed E-state index contributed by atoms with van der Waals surface area (Å²) in [6.07, 6.45) is 1.83. The van der Waals surface area contributed by atoms with E-state index in [2.05, 4.69) is 28.7 Å². The Hall–Kier alpha value is -0.750. The molecule has 0 saturated heterocycles. The maximum absolute atomic E-state index is 6.07. The van der Waals surface area contributed by atoms with E-state index in [-0.39, 0.29) is 12.1 Å². The number of nitrogens with zero attached hydrogens (tertiary/aromatic N) is 1. The van der Waals surface area contributed by atoms with Gasteiger partial charge in [-0.2, -0.15) is 0 Å². The summed E-state index contributed by atoms with van der Waals surface area (Å²) >= 11 is 3.37. The van der Waals surface area contributed by atoms with Gasteiger partial charge in [0.25, 0.3) is 0 Å². The van der Waals surface area contributed by atoms with Gasteiger partial charge in [0.15, 0.2) is 0 Å². The predicted molar refractivity (Wildman–Crippen MR) is 69.8 cm³/mol. The molecule has 2 aromatic rings. The van der Waals surface area contributed by atoms with Crippen molar-refractivity contribution in [2.45, 2.75) is 19.0 Å². The summed E-state index contributed by atoms with van der Waals surface area (Å²) in [6, 6.07) is 4.45. The number of rotatable bonds is 5. The third kappa shape index (κ3) is 2.89. The van der Waals surface area contributed by atoms with Crippen LogP contribution in [0, 0.1) is 0 Å². The maximum Gasteiger partial charge on any atom is 0.109 e. The van der Waals surface area contributed by atoms with Gasteiger partial charge in [-0.3, -0.25) is 0 Å². The predicted octanol–water partition coefficient (Wildman–Crippen LogP) is 2.56. The van der Waals surface area contributed by atoms with Crippen LogP contribution < -0.4 is 11.1 Å². The van der Waals surface area contributed by atoms with Crippen molar-refractivity contribution in [3.8, 4) is 0 Å². The summed E-state index contributed by atoms with van der Waals surface area (Å²) in [5.74, 6) is 0. The van der Waals surface area contributed by atoms with Crippen molar-refractivity contribution in [1.82, 2.24) is 10.3 Å². The number of thiazole rings is 1. The van der Waals surface area contributed by atoms with Crippen LogP contribution in [-0.4, -0.2) is 11.5 Å². The summed E-state index contributed by atoms with van der Waals surface area (Å²) in [5, 5.41) is 8.56. The standard InChI is InChI=1S/C11H15N3S2/c1-8(11-13-4-6-16-11)14-7-9(12)10-3-2-5-15-10/h2-6,8-9,14H,7,12H2,1H3. The van der Waals surface area contributed by atoms with Gasteiger partial charge in [0.05, 0.1) is 12.1 Å². The molecular formula is C11H15N3S2. The Balaban J connectivity index is 1.84. The average molecular weight is 253 g/mol. The Kier molecular flexibility index (Phi) is 4.06. The van der Waals surface area contributed by atoms with Crippen LogP contribution >= 0.6 is 22.7 Å². The molecule has 0 aliphatic carbocycles. The van der Waals surface area contributed by atoms with E-state index in [1.54, 1.807) is 22.7 Å². The lowest BCUT2D eigenvalue weighted by atomic mass is 10.2. The van der Waals surface area contributed by atoms with Gasteiger partial charge >= 0.3 is 0 Å². The molecule has 2 rings (SSSR count). The molecule has 2 heterocycles. The van der Waals surface area contributed by atoms with E-state index in [9.17, 15) is 0 Å². The van der Waals surface area contributed by atoms with Crippen molar-refractivity contribution in [1.29, 1.82) is 0 Å². The molecule has 2 unspecified atom stereocenters. The first kappa shape index (κ1) is 11.7. The van der Waals surface area contributed by atoms with Gasteiger partial charge in [0.2, 0.25) is 0 Å². The topological polar surface area (TPSA) is 50.9 Å². The van der Waals surface area contributed by atoms with Crippen LogP contribution in [-0.2, 0) is 0 Å². The van der Waals surface area contributed by atoms with Gasteiger partial charge in [-0.25, -0.2) is 4.98 Å². The fourth-order valence-corrected chi connectivity index (χ4v) is 2.84.